The number of nitrogens with zero attached hydrogens (tertiary/aromatic N) is 1. The molecule has 21 heavy (non-hydrogen) atoms. The van der Waals surface area contributed by atoms with Crippen LogP contribution >= 0.6 is 11.8 Å². The highest BCUT2D eigenvalue weighted by Crippen LogP contribution is 2.28. The summed E-state index contributed by atoms with van der Waals surface area (Å²) in [6, 6.07) is 16.8. The number of benzene rings is 2. The van der Waals surface area contributed by atoms with Crippen molar-refractivity contribution in [3.05, 3.63) is 54.1 Å². The number of ether oxygens (including phenoxy) is 1. The van der Waals surface area contributed by atoms with E-state index >= 15 is 0 Å². The van der Waals surface area contributed by atoms with Crippen LogP contribution in [0.1, 0.15) is 11.6 Å². The van der Waals surface area contributed by atoms with Crippen molar-refractivity contribution in [3.63, 3.8) is 0 Å². The Morgan fingerprint density at radius 2 is 1.90 bits per heavy atom. The molecule has 0 aliphatic heterocycles. The largest absolute Gasteiger partial charge is 0.497 e. The lowest BCUT2D eigenvalue weighted by Crippen LogP contribution is -2.30. The summed E-state index contributed by atoms with van der Waals surface area (Å²) in [5.41, 5.74) is 8.32. The summed E-state index contributed by atoms with van der Waals surface area (Å²) in [5, 5.41) is 0. The molecule has 0 heterocycles. The zero-order valence-corrected chi connectivity index (χ0v) is 13.6. The summed E-state index contributed by atoms with van der Waals surface area (Å²) in [6.45, 7) is 0.562. The highest BCUT2D eigenvalue weighted by Gasteiger charge is 2.16. The number of rotatable bonds is 6. The standard InChI is InChI=1S/C17H22N2OS/c1-19(14-5-4-6-15(11-14)20-2)17(12-18)13-7-9-16(21-3)10-8-13/h4-11,17H,12,18H2,1-3H3. The average Bonchev–Trinajstić information content (AvgIpc) is 2.56. The maximum absolute atomic E-state index is 6.01. The average molecular weight is 302 g/mol. The molecule has 2 aromatic rings. The Morgan fingerprint density at radius 1 is 1.19 bits per heavy atom. The van der Waals surface area contributed by atoms with E-state index in [4.69, 9.17) is 10.5 Å². The highest BCUT2D eigenvalue weighted by molar-refractivity contribution is 7.98. The van der Waals surface area contributed by atoms with Crippen LogP contribution in [-0.4, -0.2) is 27.0 Å². The van der Waals surface area contributed by atoms with Gasteiger partial charge in [0.25, 0.3) is 0 Å². The van der Waals surface area contributed by atoms with E-state index in [1.54, 1.807) is 18.9 Å². The van der Waals surface area contributed by atoms with Crippen molar-refractivity contribution in [1.29, 1.82) is 0 Å². The van der Waals surface area contributed by atoms with Gasteiger partial charge >= 0.3 is 0 Å². The van der Waals surface area contributed by atoms with Crippen LogP contribution in [0.15, 0.2) is 53.4 Å². The minimum atomic E-state index is 0.146. The van der Waals surface area contributed by atoms with Crippen LogP contribution in [0.25, 0.3) is 0 Å². The molecule has 0 aromatic heterocycles. The topological polar surface area (TPSA) is 38.5 Å². The van der Waals surface area contributed by atoms with Gasteiger partial charge in [-0.25, -0.2) is 0 Å². The summed E-state index contributed by atoms with van der Waals surface area (Å²) in [6.07, 6.45) is 2.08. The van der Waals surface area contributed by atoms with Gasteiger partial charge in [-0.1, -0.05) is 18.2 Å². The van der Waals surface area contributed by atoms with E-state index < -0.39 is 0 Å². The summed E-state index contributed by atoms with van der Waals surface area (Å²) in [4.78, 5) is 3.45. The van der Waals surface area contributed by atoms with Gasteiger partial charge < -0.3 is 15.4 Å². The molecule has 1 unspecified atom stereocenters. The molecule has 0 spiro atoms. The Balaban J connectivity index is 2.26. The predicted octanol–water partition coefficient (Wildman–Crippen LogP) is 3.55. The van der Waals surface area contributed by atoms with Crippen LogP contribution in [0.2, 0.25) is 0 Å². The summed E-state index contributed by atoms with van der Waals surface area (Å²) >= 11 is 1.75. The second-order valence-corrected chi connectivity index (χ2v) is 5.72. The van der Waals surface area contributed by atoms with E-state index in [1.165, 1.54) is 10.5 Å². The fourth-order valence-corrected chi connectivity index (χ4v) is 2.76. The molecule has 2 aromatic carbocycles. The number of methoxy groups -OCH3 is 1. The summed E-state index contributed by atoms with van der Waals surface area (Å²) < 4.78 is 5.29. The molecule has 4 heteroatoms. The Bertz CT molecular complexity index is 571. The molecule has 0 radical (unpaired) electrons. The third-order valence-corrected chi connectivity index (χ3v) is 4.40. The molecule has 0 saturated carbocycles. The minimum Gasteiger partial charge on any atom is -0.497 e. The first-order valence-electron chi connectivity index (χ1n) is 6.90. The third-order valence-electron chi connectivity index (χ3n) is 3.65. The van der Waals surface area contributed by atoms with Crippen molar-refractivity contribution in [2.24, 2.45) is 5.73 Å². The quantitative estimate of drug-likeness (QED) is 0.828. The fourth-order valence-electron chi connectivity index (χ4n) is 2.35. The van der Waals surface area contributed by atoms with Crippen LogP contribution in [-0.2, 0) is 0 Å². The Hall–Kier alpha value is -1.65. The van der Waals surface area contributed by atoms with Gasteiger partial charge in [-0.2, -0.15) is 0 Å². The molecule has 112 valence electrons. The van der Waals surface area contributed by atoms with Crippen molar-refractivity contribution in [3.8, 4) is 5.75 Å². The molecule has 2 rings (SSSR count). The Kier molecular flexibility index (Phi) is 5.53. The van der Waals surface area contributed by atoms with Crippen molar-refractivity contribution >= 4 is 17.4 Å². The summed E-state index contributed by atoms with van der Waals surface area (Å²) in [5.74, 6) is 0.854. The van der Waals surface area contributed by atoms with E-state index in [1.807, 2.05) is 18.2 Å². The lowest BCUT2D eigenvalue weighted by atomic mass is 10.1. The first-order chi connectivity index (χ1) is 10.2. The van der Waals surface area contributed by atoms with Gasteiger partial charge in [0.05, 0.1) is 13.2 Å². The molecule has 3 nitrogen and oxygen atoms in total. The van der Waals surface area contributed by atoms with E-state index in [0.29, 0.717) is 6.54 Å². The highest BCUT2D eigenvalue weighted by atomic mass is 32.2. The molecule has 0 aliphatic rings. The first kappa shape index (κ1) is 15.7. The normalized spacial score (nSPS) is 12.0. The van der Waals surface area contributed by atoms with E-state index in [-0.39, 0.29) is 6.04 Å². The van der Waals surface area contributed by atoms with Gasteiger partial charge in [0.2, 0.25) is 0 Å². The summed E-state index contributed by atoms with van der Waals surface area (Å²) in [7, 11) is 3.75. The molecule has 0 bridgehead atoms. The molecular formula is C17H22N2OS. The van der Waals surface area contributed by atoms with Gasteiger partial charge in [0.15, 0.2) is 0 Å². The number of anilines is 1. The Labute approximate surface area is 131 Å². The van der Waals surface area contributed by atoms with Gasteiger partial charge in [-0.05, 0) is 36.1 Å². The first-order valence-corrected chi connectivity index (χ1v) is 8.13. The fraction of sp³-hybridized carbons (Fsp3) is 0.294. The maximum atomic E-state index is 6.01. The molecule has 0 aliphatic carbocycles. The van der Waals surface area contributed by atoms with Crippen LogP contribution in [0.3, 0.4) is 0 Å². The number of hydrogen-bond donors (Lipinski definition) is 1. The molecule has 0 saturated heterocycles. The zero-order chi connectivity index (χ0) is 15.2. The second kappa shape index (κ2) is 7.38. The minimum absolute atomic E-state index is 0.146. The van der Waals surface area contributed by atoms with Crippen LogP contribution in [0, 0.1) is 0 Å². The number of thioether (sulfide) groups is 1. The van der Waals surface area contributed by atoms with E-state index in [0.717, 1.165) is 11.4 Å². The van der Waals surface area contributed by atoms with Crippen LogP contribution < -0.4 is 15.4 Å². The maximum Gasteiger partial charge on any atom is 0.120 e. The lowest BCUT2D eigenvalue weighted by Gasteiger charge is -2.30. The van der Waals surface area contributed by atoms with E-state index in [2.05, 4.69) is 48.5 Å². The zero-order valence-electron chi connectivity index (χ0n) is 12.7. The van der Waals surface area contributed by atoms with Gasteiger partial charge in [-0.15, -0.1) is 11.8 Å². The third kappa shape index (κ3) is 3.71. The molecule has 0 fully saturated rings. The second-order valence-electron chi connectivity index (χ2n) is 4.84. The molecular weight excluding hydrogens is 280 g/mol. The van der Waals surface area contributed by atoms with Gasteiger partial charge in [0, 0.05) is 30.2 Å². The molecule has 1 atom stereocenters. The molecule has 2 N–H and O–H groups in total. The predicted molar refractivity (Wildman–Crippen MR) is 91.4 cm³/mol. The smallest absolute Gasteiger partial charge is 0.120 e. The molecule has 0 amide bonds. The number of hydrogen-bond acceptors (Lipinski definition) is 4. The SMILES string of the molecule is COc1cccc(N(C)C(CN)c2ccc(SC)cc2)c1. The van der Waals surface area contributed by atoms with Crippen LogP contribution in [0.5, 0.6) is 5.75 Å². The van der Waals surface area contributed by atoms with Crippen molar-refractivity contribution in [1.82, 2.24) is 0 Å². The van der Waals surface area contributed by atoms with E-state index in [9.17, 15) is 0 Å². The van der Waals surface area contributed by atoms with Crippen molar-refractivity contribution < 1.29 is 4.74 Å². The Morgan fingerprint density at radius 3 is 2.48 bits per heavy atom. The van der Waals surface area contributed by atoms with Gasteiger partial charge in [0.1, 0.15) is 5.75 Å². The van der Waals surface area contributed by atoms with Crippen LogP contribution in [0.4, 0.5) is 5.69 Å². The van der Waals surface area contributed by atoms with Crippen molar-refractivity contribution in [2.75, 3.05) is 31.9 Å². The van der Waals surface area contributed by atoms with Crippen molar-refractivity contribution in [2.45, 2.75) is 10.9 Å². The number of likely N-dealkylation sites (N-methyl/N-ethyl adjacent to an activating group) is 1. The number of nitrogens with two attached hydrogens (primary N) is 1. The lowest BCUT2D eigenvalue weighted by molar-refractivity contribution is 0.414. The monoisotopic (exact) mass is 302 g/mol. The van der Waals surface area contributed by atoms with Gasteiger partial charge in [-0.3, -0.25) is 0 Å².